The molecule has 1 rings (SSSR count). The van der Waals surface area contributed by atoms with Gasteiger partial charge in [-0.15, -0.1) is 0 Å². The molecule has 0 saturated carbocycles. The Balaban J connectivity index is 0.000000873. The number of hydrogen-bond donors (Lipinski definition) is 1. The van der Waals surface area contributed by atoms with Crippen molar-refractivity contribution in [2.24, 2.45) is 0 Å². The van der Waals surface area contributed by atoms with Gasteiger partial charge in [-0.2, -0.15) is 0 Å². The SMILES string of the molecule is CCN1CCN(C(=O)OC(C)(C)C)CC1.O=CO. The van der Waals surface area contributed by atoms with Crippen LogP contribution in [-0.2, 0) is 9.53 Å². The molecule has 0 atom stereocenters. The largest absolute Gasteiger partial charge is 0.483 e. The Bertz CT molecular complexity index is 255. The van der Waals surface area contributed by atoms with Crippen molar-refractivity contribution in [3.63, 3.8) is 0 Å². The lowest BCUT2D eigenvalue weighted by atomic mass is 10.2. The van der Waals surface area contributed by atoms with E-state index in [1.165, 1.54) is 0 Å². The van der Waals surface area contributed by atoms with Gasteiger partial charge in [-0.05, 0) is 27.3 Å². The number of piperazine rings is 1. The number of rotatable bonds is 1. The Kier molecular flexibility index (Phi) is 7.35. The number of carboxylic acid groups (broad SMARTS) is 1. The van der Waals surface area contributed by atoms with Crippen LogP contribution in [0.25, 0.3) is 0 Å². The molecule has 0 unspecified atom stereocenters. The van der Waals surface area contributed by atoms with E-state index in [1.54, 1.807) is 4.90 Å². The van der Waals surface area contributed by atoms with Crippen LogP contribution in [0.15, 0.2) is 0 Å². The Hall–Kier alpha value is -1.30. The average molecular weight is 260 g/mol. The first-order valence-corrected chi connectivity index (χ1v) is 6.12. The zero-order chi connectivity index (χ0) is 14.2. The van der Waals surface area contributed by atoms with Crippen LogP contribution < -0.4 is 0 Å². The van der Waals surface area contributed by atoms with Crippen LogP contribution in [0, 0.1) is 0 Å². The van der Waals surface area contributed by atoms with Crippen LogP contribution in [0.2, 0.25) is 0 Å². The third-order valence-corrected chi connectivity index (χ3v) is 2.47. The van der Waals surface area contributed by atoms with E-state index in [0.717, 1.165) is 32.7 Å². The van der Waals surface area contributed by atoms with E-state index in [1.807, 2.05) is 20.8 Å². The Morgan fingerprint density at radius 1 is 1.28 bits per heavy atom. The van der Waals surface area contributed by atoms with Crippen LogP contribution in [0.5, 0.6) is 0 Å². The van der Waals surface area contributed by atoms with Gasteiger partial charge in [0.05, 0.1) is 0 Å². The molecule has 0 bridgehead atoms. The molecule has 0 spiro atoms. The van der Waals surface area contributed by atoms with Crippen LogP contribution in [-0.4, -0.2) is 65.8 Å². The highest BCUT2D eigenvalue weighted by molar-refractivity contribution is 5.68. The lowest BCUT2D eigenvalue weighted by molar-refractivity contribution is -0.122. The third kappa shape index (κ3) is 7.11. The summed E-state index contributed by atoms with van der Waals surface area (Å²) >= 11 is 0. The molecule has 6 heteroatoms. The number of nitrogens with zero attached hydrogens (tertiary/aromatic N) is 2. The summed E-state index contributed by atoms with van der Waals surface area (Å²) in [6.45, 7) is 12.1. The predicted molar refractivity (Wildman–Crippen MR) is 68.6 cm³/mol. The second-order valence-electron chi connectivity index (χ2n) is 5.01. The van der Waals surface area contributed by atoms with Gasteiger partial charge < -0.3 is 19.6 Å². The van der Waals surface area contributed by atoms with E-state index in [0.29, 0.717) is 0 Å². The minimum absolute atomic E-state index is 0.182. The van der Waals surface area contributed by atoms with E-state index in [9.17, 15) is 4.79 Å². The smallest absolute Gasteiger partial charge is 0.410 e. The predicted octanol–water partition coefficient (Wildman–Crippen LogP) is 1.26. The number of hydrogen-bond acceptors (Lipinski definition) is 4. The topological polar surface area (TPSA) is 70.1 Å². The van der Waals surface area contributed by atoms with Gasteiger partial charge in [0, 0.05) is 26.2 Å². The molecule has 1 heterocycles. The minimum atomic E-state index is -0.390. The van der Waals surface area contributed by atoms with Crippen LogP contribution in [0.3, 0.4) is 0 Å². The fourth-order valence-corrected chi connectivity index (χ4v) is 1.57. The number of carbonyl (C=O) groups excluding carboxylic acids is 1. The highest BCUT2D eigenvalue weighted by Gasteiger charge is 2.24. The summed E-state index contributed by atoms with van der Waals surface area (Å²) in [7, 11) is 0. The Morgan fingerprint density at radius 2 is 1.72 bits per heavy atom. The first-order valence-electron chi connectivity index (χ1n) is 6.12. The number of likely N-dealkylation sites (N-methyl/N-ethyl adjacent to an activating group) is 1. The normalized spacial score (nSPS) is 16.6. The molecule has 6 nitrogen and oxygen atoms in total. The molecule has 0 aromatic heterocycles. The Labute approximate surface area is 109 Å². The van der Waals surface area contributed by atoms with Gasteiger partial charge >= 0.3 is 6.09 Å². The molecule has 0 aromatic rings. The van der Waals surface area contributed by atoms with Crippen molar-refractivity contribution in [2.45, 2.75) is 33.3 Å². The van der Waals surface area contributed by atoms with Gasteiger partial charge in [0.25, 0.3) is 6.47 Å². The van der Waals surface area contributed by atoms with Gasteiger partial charge in [0.15, 0.2) is 0 Å². The first-order chi connectivity index (χ1) is 8.34. The summed E-state index contributed by atoms with van der Waals surface area (Å²) in [5.41, 5.74) is -0.390. The summed E-state index contributed by atoms with van der Waals surface area (Å²) < 4.78 is 5.31. The number of carbonyl (C=O) groups is 2. The molecular weight excluding hydrogens is 236 g/mol. The lowest BCUT2D eigenvalue weighted by Gasteiger charge is -2.35. The van der Waals surface area contributed by atoms with Crippen molar-refractivity contribution in [3.05, 3.63) is 0 Å². The molecule has 1 aliphatic rings. The van der Waals surface area contributed by atoms with Gasteiger partial charge in [-0.1, -0.05) is 6.92 Å². The maximum absolute atomic E-state index is 11.7. The summed E-state index contributed by atoms with van der Waals surface area (Å²) in [5.74, 6) is 0. The summed E-state index contributed by atoms with van der Waals surface area (Å²) in [4.78, 5) is 24.2. The highest BCUT2D eigenvalue weighted by Crippen LogP contribution is 2.11. The van der Waals surface area contributed by atoms with Crippen molar-refractivity contribution in [2.75, 3.05) is 32.7 Å². The zero-order valence-corrected chi connectivity index (χ0v) is 11.7. The molecule has 1 saturated heterocycles. The summed E-state index contributed by atoms with van der Waals surface area (Å²) in [6, 6.07) is 0. The summed E-state index contributed by atoms with van der Waals surface area (Å²) in [6.07, 6.45) is -0.182. The second-order valence-corrected chi connectivity index (χ2v) is 5.01. The maximum Gasteiger partial charge on any atom is 0.410 e. The van der Waals surface area contributed by atoms with Gasteiger partial charge in [0.1, 0.15) is 5.60 Å². The van der Waals surface area contributed by atoms with E-state index >= 15 is 0 Å². The standard InChI is InChI=1S/C11H22N2O2.CH2O2/c1-5-12-6-8-13(9-7-12)10(14)15-11(2,3)4;2-1-3/h5-9H2,1-4H3;1H,(H,2,3). The quantitative estimate of drug-likeness (QED) is 0.719. The third-order valence-electron chi connectivity index (χ3n) is 2.47. The number of amides is 1. The molecule has 1 fully saturated rings. The highest BCUT2D eigenvalue weighted by atomic mass is 16.6. The van der Waals surface area contributed by atoms with Crippen LogP contribution in [0.4, 0.5) is 4.79 Å². The molecule has 1 aliphatic heterocycles. The van der Waals surface area contributed by atoms with E-state index in [-0.39, 0.29) is 18.2 Å². The van der Waals surface area contributed by atoms with E-state index in [4.69, 9.17) is 14.6 Å². The van der Waals surface area contributed by atoms with Crippen molar-refractivity contribution < 1.29 is 19.4 Å². The van der Waals surface area contributed by atoms with Crippen molar-refractivity contribution >= 4 is 12.6 Å². The van der Waals surface area contributed by atoms with Crippen LogP contribution in [0.1, 0.15) is 27.7 Å². The van der Waals surface area contributed by atoms with Gasteiger partial charge in [0.2, 0.25) is 0 Å². The molecule has 1 N–H and O–H groups in total. The number of ether oxygens (including phenoxy) is 1. The monoisotopic (exact) mass is 260 g/mol. The Morgan fingerprint density at radius 3 is 2.06 bits per heavy atom. The second kappa shape index (κ2) is 7.92. The fourth-order valence-electron chi connectivity index (χ4n) is 1.57. The molecule has 106 valence electrons. The molecule has 0 radical (unpaired) electrons. The lowest BCUT2D eigenvalue weighted by Crippen LogP contribution is -2.49. The molecule has 0 aliphatic carbocycles. The minimum Gasteiger partial charge on any atom is -0.483 e. The van der Waals surface area contributed by atoms with Crippen molar-refractivity contribution in [3.8, 4) is 0 Å². The summed E-state index contributed by atoms with van der Waals surface area (Å²) in [5, 5.41) is 6.89. The van der Waals surface area contributed by atoms with E-state index in [2.05, 4.69) is 11.8 Å². The zero-order valence-electron chi connectivity index (χ0n) is 11.7. The molecule has 18 heavy (non-hydrogen) atoms. The van der Waals surface area contributed by atoms with Crippen molar-refractivity contribution in [1.29, 1.82) is 0 Å². The molecule has 0 aromatic carbocycles. The molecule has 1 amide bonds. The fraction of sp³-hybridized carbons (Fsp3) is 0.833. The molecular formula is C12H24N2O4. The van der Waals surface area contributed by atoms with Crippen molar-refractivity contribution in [1.82, 2.24) is 9.80 Å². The van der Waals surface area contributed by atoms with E-state index < -0.39 is 0 Å². The maximum atomic E-state index is 11.7. The van der Waals surface area contributed by atoms with Gasteiger partial charge in [-0.3, -0.25) is 4.79 Å². The first kappa shape index (κ1) is 16.7. The van der Waals surface area contributed by atoms with Gasteiger partial charge in [-0.25, -0.2) is 4.79 Å². The van der Waals surface area contributed by atoms with Crippen LogP contribution >= 0.6 is 0 Å². The average Bonchev–Trinajstić information content (AvgIpc) is 2.28.